The molecule has 0 amide bonds. The summed E-state index contributed by atoms with van der Waals surface area (Å²) in [6.07, 6.45) is 6.66. The van der Waals surface area contributed by atoms with E-state index >= 15 is 4.39 Å². The van der Waals surface area contributed by atoms with Gasteiger partial charge in [-0.2, -0.15) is 0 Å². The largest absolute Gasteiger partial charge is 0.495 e. The standard InChI is InChI=1S/C34H52B2FNO6/c1-14-17-19-27(39-16-3)30-38(23(5)22(4)35-41-31(6,7)32(8,9)42-35)26(18-15-2)29-25(37)20-24(21-28(29)40-30)36-43-33(10,11)34(12,13)44-36/h15,18-23,30H,2,14,16-17H2,1,3-13H3/b26-18-,27-19-/t22-,23?,30?/m0/s1. The maximum atomic E-state index is 16.4. The molecular formula is C34H52B2FNO6. The molecule has 10 heteroatoms. The Kier molecular flexibility index (Phi) is 9.83. The Morgan fingerprint density at radius 3 is 2.07 bits per heavy atom. The van der Waals surface area contributed by atoms with E-state index < -0.39 is 48.7 Å². The van der Waals surface area contributed by atoms with Crippen molar-refractivity contribution in [2.24, 2.45) is 0 Å². The summed E-state index contributed by atoms with van der Waals surface area (Å²) in [4.78, 5) is 2.08. The minimum Gasteiger partial charge on any atom is -0.493 e. The Balaban J connectivity index is 1.83. The Labute approximate surface area is 265 Å². The zero-order valence-electron chi connectivity index (χ0n) is 28.9. The predicted molar refractivity (Wildman–Crippen MR) is 176 cm³/mol. The van der Waals surface area contributed by atoms with E-state index in [4.69, 9.17) is 28.1 Å². The SMILES string of the molecule is C=C/C=C1/c2c(F)cc(B3OC(C)(C)C(C)(C)O3)cc2OC(/C(=C/CCC)OCC)N1C(C)[C@H](C)B1OC(C)(C)C(C)(C)O1. The molecule has 3 atom stereocenters. The molecule has 0 radical (unpaired) electrons. The molecule has 3 aliphatic heterocycles. The molecule has 2 fully saturated rings. The van der Waals surface area contributed by atoms with Gasteiger partial charge in [-0.25, -0.2) is 4.39 Å². The summed E-state index contributed by atoms with van der Waals surface area (Å²) >= 11 is 0. The van der Waals surface area contributed by atoms with E-state index in [-0.39, 0.29) is 11.9 Å². The second kappa shape index (κ2) is 12.5. The van der Waals surface area contributed by atoms with Gasteiger partial charge in [0.2, 0.25) is 6.23 Å². The molecule has 0 N–H and O–H groups in total. The third kappa shape index (κ3) is 6.24. The number of benzene rings is 1. The summed E-state index contributed by atoms with van der Waals surface area (Å²) in [6, 6.07) is 3.09. The van der Waals surface area contributed by atoms with Crippen LogP contribution in [0.25, 0.3) is 5.70 Å². The number of hydrogen-bond acceptors (Lipinski definition) is 7. The van der Waals surface area contributed by atoms with Crippen LogP contribution in [0.15, 0.2) is 42.7 Å². The van der Waals surface area contributed by atoms with Crippen molar-refractivity contribution >= 4 is 25.4 Å². The number of rotatable bonds is 10. The first-order valence-electron chi connectivity index (χ1n) is 16.1. The fourth-order valence-electron chi connectivity index (χ4n) is 5.67. The summed E-state index contributed by atoms with van der Waals surface area (Å²) in [6.45, 7) is 28.8. The molecule has 0 bridgehead atoms. The topological polar surface area (TPSA) is 58.6 Å². The molecule has 0 saturated carbocycles. The molecule has 1 aromatic carbocycles. The van der Waals surface area contributed by atoms with Crippen molar-refractivity contribution in [2.75, 3.05) is 6.61 Å². The highest BCUT2D eigenvalue weighted by Crippen LogP contribution is 2.46. The van der Waals surface area contributed by atoms with Gasteiger partial charge in [-0.3, -0.25) is 0 Å². The summed E-state index contributed by atoms with van der Waals surface area (Å²) < 4.78 is 54.8. The Morgan fingerprint density at radius 2 is 1.55 bits per heavy atom. The number of fused-ring (bicyclic) bond motifs is 1. The van der Waals surface area contributed by atoms with Crippen molar-refractivity contribution in [1.29, 1.82) is 0 Å². The highest BCUT2D eigenvalue weighted by atomic mass is 19.1. The van der Waals surface area contributed by atoms with E-state index in [9.17, 15) is 0 Å². The number of unbranched alkanes of at least 4 members (excludes halogenated alkanes) is 1. The molecule has 7 nitrogen and oxygen atoms in total. The van der Waals surface area contributed by atoms with Gasteiger partial charge in [0, 0.05) is 11.9 Å². The van der Waals surface area contributed by atoms with Crippen LogP contribution >= 0.6 is 0 Å². The first-order chi connectivity index (χ1) is 20.4. The van der Waals surface area contributed by atoms with Crippen LogP contribution in [-0.2, 0) is 23.4 Å². The Morgan fingerprint density at radius 1 is 0.977 bits per heavy atom. The fraction of sp³-hybridized carbons (Fsp3) is 0.647. The van der Waals surface area contributed by atoms with E-state index in [1.807, 2.05) is 74.5 Å². The second-order valence-electron chi connectivity index (χ2n) is 14.2. The highest BCUT2D eigenvalue weighted by Gasteiger charge is 2.56. The van der Waals surface area contributed by atoms with Gasteiger partial charge in [0.25, 0.3) is 0 Å². The van der Waals surface area contributed by atoms with Crippen LogP contribution in [-0.4, -0.2) is 60.4 Å². The number of allylic oxidation sites excluding steroid dienone is 3. The lowest BCUT2D eigenvalue weighted by atomic mass is 9.68. The Hall–Kier alpha value is -2.26. The van der Waals surface area contributed by atoms with Gasteiger partial charge >= 0.3 is 14.2 Å². The molecule has 242 valence electrons. The van der Waals surface area contributed by atoms with Crippen molar-refractivity contribution in [3.8, 4) is 5.75 Å². The molecule has 2 unspecified atom stereocenters. The van der Waals surface area contributed by atoms with Gasteiger partial charge in [0.15, 0.2) is 5.76 Å². The minimum absolute atomic E-state index is 0.127. The molecule has 1 aromatic rings. The predicted octanol–water partition coefficient (Wildman–Crippen LogP) is 7.26. The molecule has 0 aliphatic carbocycles. The first kappa shape index (κ1) is 34.6. The van der Waals surface area contributed by atoms with Gasteiger partial charge in [0.05, 0.1) is 40.3 Å². The average molecular weight is 611 g/mol. The van der Waals surface area contributed by atoms with Gasteiger partial charge in [-0.15, -0.1) is 0 Å². The number of ether oxygens (including phenoxy) is 2. The number of hydrogen-bond donors (Lipinski definition) is 0. The van der Waals surface area contributed by atoms with Crippen molar-refractivity contribution in [3.63, 3.8) is 0 Å². The summed E-state index contributed by atoms with van der Waals surface area (Å²) in [5.74, 6) is 0.499. The van der Waals surface area contributed by atoms with Crippen LogP contribution in [0.1, 0.15) is 101 Å². The van der Waals surface area contributed by atoms with Crippen LogP contribution in [0.2, 0.25) is 5.82 Å². The zero-order valence-corrected chi connectivity index (χ0v) is 28.9. The molecule has 2 saturated heterocycles. The van der Waals surface area contributed by atoms with Crippen molar-refractivity contribution in [2.45, 2.75) is 136 Å². The first-order valence-corrected chi connectivity index (χ1v) is 16.1. The normalized spacial score (nSPS) is 25.9. The van der Waals surface area contributed by atoms with E-state index in [0.29, 0.717) is 34.8 Å². The Bertz CT molecular complexity index is 1260. The van der Waals surface area contributed by atoms with E-state index in [1.165, 1.54) is 6.07 Å². The van der Waals surface area contributed by atoms with Crippen LogP contribution in [0.5, 0.6) is 5.75 Å². The highest BCUT2D eigenvalue weighted by molar-refractivity contribution is 6.62. The third-order valence-electron chi connectivity index (χ3n) is 9.99. The molecular weight excluding hydrogens is 559 g/mol. The number of halogens is 1. The lowest BCUT2D eigenvalue weighted by Gasteiger charge is -2.46. The van der Waals surface area contributed by atoms with Crippen LogP contribution < -0.4 is 10.2 Å². The summed E-state index contributed by atoms with van der Waals surface area (Å²) in [5, 5.41) is 0. The quantitative estimate of drug-likeness (QED) is 0.204. The van der Waals surface area contributed by atoms with Crippen LogP contribution in [0.4, 0.5) is 4.39 Å². The average Bonchev–Trinajstić information content (AvgIpc) is 3.29. The van der Waals surface area contributed by atoms with E-state index in [0.717, 1.165) is 12.8 Å². The van der Waals surface area contributed by atoms with E-state index in [2.05, 4.69) is 38.3 Å². The smallest absolute Gasteiger partial charge is 0.493 e. The monoisotopic (exact) mass is 611 g/mol. The van der Waals surface area contributed by atoms with Gasteiger partial charge in [-0.1, -0.05) is 32.9 Å². The van der Waals surface area contributed by atoms with Crippen molar-refractivity contribution in [1.82, 2.24) is 4.90 Å². The zero-order chi connectivity index (χ0) is 32.8. The van der Waals surface area contributed by atoms with Crippen molar-refractivity contribution < 1.29 is 32.5 Å². The van der Waals surface area contributed by atoms with E-state index in [1.54, 1.807) is 6.08 Å². The maximum Gasteiger partial charge on any atom is 0.495 e. The lowest BCUT2D eigenvalue weighted by molar-refractivity contribution is 0.00578. The third-order valence-corrected chi connectivity index (χ3v) is 9.99. The maximum absolute atomic E-state index is 16.4. The molecule has 0 aromatic heterocycles. The fourth-order valence-corrected chi connectivity index (χ4v) is 5.67. The summed E-state index contributed by atoms with van der Waals surface area (Å²) in [5.41, 5.74) is -0.556. The molecule has 4 rings (SSSR count). The number of nitrogens with zero attached hydrogens (tertiary/aromatic N) is 1. The molecule has 44 heavy (non-hydrogen) atoms. The van der Waals surface area contributed by atoms with Crippen molar-refractivity contribution in [3.05, 3.63) is 54.1 Å². The molecule has 3 aliphatic rings. The second-order valence-corrected chi connectivity index (χ2v) is 14.2. The van der Waals surface area contributed by atoms with Crippen LogP contribution in [0, 0.1) is 5.82 Å². The molecule has 3 heterocycles. The van der Waals surface area contributed by atoms with Gasteiger partial charge in [0.1, 0.15) is 11.6 Å². The van der Waals surface area contributed by atoms with Gasteiger partial charge < -0.3 is 33.0 Å². The lowest BCUT2D eigenvalue weighted by Crippen LogP contribution is -2.51. The van der Waals surface area contributed by atoms with Gasteiger partial charge in [-0.05, 0) is 105 Å². The van der Waals surface area contributed by atoms with Crippen LogP contribution in [0.3, 0.4) is 0 Å². The summed E-state index contributed by atoms with van der Waals surface area (Å²) in [7, 11) is -1.22. The minimum atomic E-state index is -0.740. The molecule has 0 spiro atoms.